The number of carbonyl (C=O) groups is 1. The summed E-state index contributed by atoms with van der Waals surface area (Å²) in [5.41, 5.74) is 0.997. The van der Waals surface area contributed by atoms with Gasteiger partial charge in [-0.2, -0.15) is 4.98 Å². The van der Waals surface area contributed by atoms with Crippen molar-refractivity contribution in [3.05, 3.63) is 23.1 Å². The van der Waals surface area contributed by atoms with E-state index in [1.807, 2.05) is 13.8 Å². The van der Waals surface area contributed by atoms with E-state index in [1.54, 1.807) is 11.6 Å². The number of hydrogen-bond acceptors (Lipinski definition) is 7. The van der Waals surface area contributed by atoms with Crippen molar-refractivity contribution in [3.8, 4) is 0 Å². The lowest BCUT2D eigenvalue weighted by Gasteiger charge is -2.04. The second kappa shape index (κ2) is 6.96. The summed E-state index contributed by atoms with van der Waals surface area (Å²) in [7, 11) is 0. The number of carbonyl (C=O) groups excluding carboxylic acids is 1. The highest BCUT2D eigenvalue weighted by atomic mass is 16.5. The number of esters is 1. The molecule has 2 aromatic rings. The average Bonchev–Trinajstić information content (AvgIpc) is 3.08. The number of ether oxygens (including phenoxy) is 1. The van der Waals surface area contributed by atoms with Gasteiger partial charge in [0, 0.05) is 6.42 Å². The lowest BCUT2D eigenvalue weighted by atomic mass is 10.2. The minimum atomic E-state index is -0.449. The lowest BCUT2D eigenvalue weighted by molar-refractivity contribution is 0.0518. The van der Waals surface area contributed by atoms with Gasteiger partial charge in [-0.05, 0) is 13.3 Å². The highest BCUT2D eigenvalue weighted by Gasteiger charge is 2.21. The quantitative estimate of drug-likeness (QED) is 0.712. The van der Waals surface area contributed by atoms with Crippen molar-refractivity contribution in [2.45, 2.75) is 46.6 Å². The molecule has 0 spiro atoms. The van der Waals surface area contributed by atoms with Crippen LogP contribution in [0.5, 0.6) is 0 Å². The first kappa shape index (κ1) is 15.1. The molecule has 8 heteroatoms. The molecular formula is C13H19N5O3. The van der Waals surface area contributed by atoms with Crippen LogP contribution >= 0.6 is 0 Å². The van der Waals surface area contributed by atoms with Crippen LogP contribution in [0.4, 0.5) is 0 Å². The summed E-state index contributed by atoms with van der Waals surface area (Å²) in [6.45, 7) is 6.35. The largest absolute Gasteiger partial charge is 0.461 e. The molecule has 21 heavy (non-hydrogen) atoms. The van der Waals surface area contributed by atoms with E-state index in [0.717, 1.165) is 12.1 Å². The molecule has 2 heterocycles. The molecule has 2 aromatic heterocycles. The van der Waals surface area contributed by atoms with Crippen LogP contribution in [0, 0.1) is 0 Å². The molecule has 0 aliphatic rings. The Kier molecular flexibility index (Phi) is 5.02. The second-order valence-electron chi connectivity index (χ2n) is 4.47. The third kappa shape index (κ3) is 3.45. The zero-order valence-electron chi connectivity index (χ0n) is 12.5. The van der Waals surface area contributed by atoms with E-state index in [2.05, 4.69) is 20.5 Å². The van der Waals surface area contributed by atoms with Crippen LogP contribution in [-0.2, 0) is 24.1 Å². The molecule has 0 saturated carbocycles. The van der Waals surface area contributed by atoms with Crippen molar-refractivity contribution in [3.63, 3.8) is 0 Å². The number of aromatic nitrogens is 5. The van der Waals surface area contributed by atoms with Crippen LogP contribution in [0.1, 0.15) is 55.1 Å². The normalized spacial score (nSPS) is 10.8. The Labute approximate surface area is 122 Å². The van der Waals surface area contributed by atoms with E-state index in [-0.39, 0.29) is 5.69 Å². The van der Waals surface area contributed by atoms with Gasteiger partial charge in [0.25, 0.3) is 0 Å². The van der Waals surface area contributed by atoms with Crippen molar-refractivity contribution in [2.75, 3.05) is 6.61 Å². The van der Waals surface area contributed by atoms with E-state index in [9.17, 15) is 4.79 Å². The van der Waals surface area contributed by atoms with E-state index >= 15 is 0 Å². The van der Waals surface area contributed by atoms with Gasteiger partial charge in [-0.25, -0.2) is 9.48 Å². The molecule has 0 aliphatic heterocycles. The van der Waals surface area contributed by atoms with Gasteiger partial charge >= 0.3 is 5.97 Å². The van der Waals surface area contributed by atoms with Crippen molar-refractivity contribution in [2.24, 2.45) is 0 Å². The zero-order valence-corrected chi connectivity index (χ0v) is 12.5. The Hall–Kier alpha value is -2.25. The predicted octanol–water partition coefficient (Wildman–Crippen LogP) is 1.40. The van der Waals surface area contributed by atoms with Gasteiger partial charge in [0.05, 0.1) is 12.3 Å². The van der Waals surface area contributed by atoms with E-state index in [1.165, 1.54) is 0 Å². The van der Waals surface area contributed by atoms with Gasteiger partial charge < -0.3 is 9.26 Å². The van der Waals surface area contributed by atoms with Crippen LogP contribution in [-0.4, -0.2) is 37.7 Å². The summed E-state index contributed by atoms with van der Waals surface area (Å²) < 4.78 is 11.7. The smallest absolute Gasteiger partial charge is 0.360 e. The lowest BCUT2D eigenvalue weighted by Crippen LogP contribution is -2.12. The number of nitrogens with zero attached hydrogens (tertiary/aromatic N) is 5. The number of rotatable bonds is 7. The summed E-state index contributed by atoms with van der Waals surface area (Å²) in [4.78, 5) is 16.1. The van der Waals surface area contributed by atoms with Crippen LogP contribution in [0.2, 0.25) is 0 Å². The van der Waals surface area contributed by atoms with Crippen LogP contribution in [0.3, 0.4) is 0 Å². The molecule has 0 radical (unpaired) electrons. The molecule has 0 atom stereocenters. The Morgan fingerprint density at radius 3 is 2.76 bits per heavy atom. The topological polar surface area (TPSA) is 95.9 Å². The average molecular weight is 293 g/mol. The molecule has 0 amide bonds. The first-order chi connectivity index (χ1) is 10.2. The molecule has 0 aliphatic carbocycles. The molecule has 2 rings (SSSR count). The van der Waals surface area contributed by atoms with Gasteiger partial charge in [-0.1, -0.05) is 30.6 Å². The van der Waals surface area contributed by atoms with Gasteiger partial charge in [0.2, 0.25) is 5.89 Å². The van der Waals surface area contributed by atoms with Crippen LogP contribution in [0.25, 0.3) is 0 Å². The van der Waals surface area contributed by atoms with Gasteiger partial charge in [-0.3, -0.25) is 0 Å². The predicted molar refractivity (Wildman–Crippen MR) is 72.8 cm³/mol. The van der Waals surface area contributed by atoms with Crippen molar-refractivity contribution in [1.29, 1.82) is 0 Å². The SMILES string of the molecule is CCCc1c(C(=O)OCC)nnn1Cc1noc(CC)n1. The van der Waals surface area contributed by atoms with Crippen molar-refractivity contribution >= 4 is 5.97 Å². The molecule has 0 unspecified atom stereocenters. The minimum Gasteiger partial charge on any atom is -0.461 e. The summed E-state index contributed by atoms with van der Waals surface area (Å²) >= 11 is 0. The van der Waals surface area contributed by atoms with Crippen LogP contribution in [0.15, 0.2) is 4.52 Å². The molecule has 0 aromatic carbocycles. The van der Waals surface area contributed by atoms with Crippen molar-refractivity contribution in [1.82, 2.24) is 25.1 Å². The van der Waals surface area contributed by atoms with Gasteiger partial charge in [-0.15, -0.1) is 5.10 Å². The molecule has 0 bridgehead atoms. The van der Waals surface area contributed by atoms with Gasteiger partial charge in [0.1, 0.15) is 6.54 Å². The maximum Gasteiger partial charge on any atom is 0.360 e. The summed E-state index contributed by atoms with van der Waals surface area (Å²) in [5.74, 6) is 0.645. The fourth-order valence-electron chi connectivity index (χ4n) is 1.93. The molecule has 0 N–H and O–H groups in total. The zero-order chi connectivity index (χ0) is 15.2. The van der Waals surface area contributed by atoms with Gasteiger partial charge in [0.15, 0.2) is 11.5 Å². The Balaban J connectivity index is 2.24. The Morgan fingerprint density at radius 2 is 2.14 bits per heavy atom. The number of aryl methyl sites for hydroxylation is 1. The van der Waals surface area contributed by atoms with E-state index < -0.39 is 5.97 Å². The monoisotopic (exact) mass is 293 g/mol. The number of hydrogen-bond donors (Lipinski definition) is 0. The fraction of sp³-hybridized carbons (Fsp3) is 0.615. The van der Waals surface area contributed by atoms with E-state index in [0.29, 0.717) is 37.7 Å². The maximum atomic E-state index is 11.9. The highest BCUT2D eigenvalue weighted by Crippen LogP contribution is 2.12. The standard InChI is InChI=1S/C13H19N5O3/c1-4-7-9-12(13(19)20-6-3)15-17-18(9)8-10-14-11(5-2)21-16-10/h4-8H2,1-3H3. The summed E-state index contributed by atoms with van der Waals surface area (Å²) in [5, 5.41) is 11.8. The first-order valence-electron chi connectivity index (χ1n) is 7.10. The second-order valence-corrected chi connectivity index (χ2v) is 4.47. The minimum absolute atomic E-state index is 0.262. The molecule has 0 saturated heterocycles. The molecule has 114 valence electrons. The Bertz CT molecular complexity index is 605. The molecular weight excluding hydrogens is 274 g/mol. The van der Waals surface area contributed by atoms with Crippen LogP contribution < -0.4 is 0 Å². The Morgan fingerprint density at radius 1 is 1.33 bits per heavy atom. The first-order valence-corrected chi connectivity index (χ1v) is 7.10. The molecule has 0 fully saturated rings. The van der Waals surface area contributed by atoms with E-state index in [4.69, 9.17) is 9.26 Å². The molecule has 8 nitrogen and oxygen atoms in total. The fourth-order valence-corrected chi connectivity index (χ4v) is 1.93. The summed E-state index contributed by atoms with van der Waals surface area (Å²) in [6, 6.07) is 0. The highest BCUT2D eigenvalue weighted by molar-refractivity contribution is 5.88. The summed E-state index contributed by atoms with van der Waals surface area (Å²) in [6.07, 6.45) is 2.23. The maximum absolute atomic E-state index is 11.9. The third-order valence-electron chi connectivity index (χ3n) is 2.90. The third-order valence-corrected chi connectivity index (χ3v) is 2.90. The van der Waals surface area contributed by atoms with Crippen molar-refractivity contribution < 1.29 is 14.1 Å².